The Bertz CT molecular complexity index is 871. The molecule has 1 aliphatic heterocycles. The molecule has 1 saturated heterocycles. The van der Waals surface area contributed by atoms with Crippen molar-refractivity contribution in [3.05, 3.63) is 82.9 Å². The summed E-state index contributed by atoms with van der Waals surface area (Å²) in [4.78, 5) is 0. The molecule has 0 spiro atoms. The maximum absolute atomic E-state index is 2.78. The molecule has 5 rings (SSSR count). The fourth-order valence-corrected chi connectivity index (χ4v) is 175. The minimum atomic E-state index is -2.43. The normalized spacial score (nSPS) is 25.3. The third-order valence-corrected chi connectivity index (χ3v) is 124. The van der Waals surface area contributed by atoms with Crippen molar-refractivity contribution in [2.75, 3.05) is 0 Å². The molecule has 0 amide bonds. The van der Waals surface area contributed by atoms with E-state index in [1.165, 1.54) is 11.1 Å². The molecule has 1 fully saturated rings. The summed E-state index contributed by atoms with van der Waals surface area (Å²) in [6, 6.07) is 18.5. The van der Waals surface area contributed by atoms with E-state index in [1.807, 2.05) is 0 Å². The standard InChI is InChI=1S/2C9H7.C4H12Si2.2ClH.Zr/c2*1-2-5-9-7-3-6-8(9)4-1;1-5(2)6(3)4;;;/h2*1-7H;1-4H3;2*1H;/q;;;;;+2/p-2. The summed E-state index contributed by atoms with van der Waals surface area (Å²) in [5.74, 6) is 0. The molecule has 0 aromatic heterocycles. The van der Waals surface area contributed by atoms with Gasteiger partial charge in [-0.2, -0.15) is 0 Å². The summed E-state index contributed by atoms with van der Waals surface area (Å²) in [6.07, 6.45) is 10.2. The second kappa shape index (κ2) is 6.95. The van der Waals surface area contributed by atoms with Crippen LogP contribution in [0.25, 0.3) is 12.2 Å². The summed E-state index contributed by atoms with van der Waals surface area (Å²) in [6.45, 7) is 11.1. The first kappa shape index (κ1) is 21.5. The molecular weight excluding hydrogens is 483 g/mol. The number of hydrogen-bond donors (Lipinski definition) is 0. The smallest absolute Gasteiger partial charge is 1.00 e. The zero-order chi connectivity index (χ0) is 17.4. The summed E-state index contributed by atoms with van der Waals surface area (Å²) in [5, 5.41) is 0. The van der Waals surface area contributed by atoms with Gasteiger partial charge in [0, 0.05) is 0 Å². The van der Waals surface area contributed by atoms with Crippen molar-refractivity contribution in [1.82, 2.24) is 0 Å². The van der Waals surface area contributed by atoms with Gasteiger partial charge in [-0.25, -0.2) is 0 Å². The van der Waals surface area contributed by atoms with Crippen LogP contribution in [0.2, 0.25) is 26.2 Å². The van der Waals surface area contributed by atoms with Gasteiger partial charge in [0.1, 0.15) is 0 Å². The molecule has 0 radical (unpaired) electrons. The van der Waals surface area contributed by atoms with E-state index in [9.17, 15) is 0 Å². The summed E-state index contributed by atoms with van der Waals surface area (Å²) in [5.41, 5.74) is 6.35. The average Bonchev–Trinajstić information content (AvgIpc) is 3.07. The number of benzene rings is 2. The van der Waals surface area contributed by atoms with Crippen molar-refractivity contribution in [1.29, 1.82) is 0 Å². The molecule has 2 unspecified atom stereocenters. The molecule has 0 saturated carbocycles. The van der Waals surface area contributed by atoms with Gasteiger partial charge in [0.15, 0.2) is 0 Å². The Kier molecular flexibility index (Phi) is 5.54. The van der Waals surface area contributed by atoms with Crippen LogP contribution in [0.1, 0.15) is 29.5 Å². The van der Waals surface area contributed by atoms with Crippen LogP contribution in [0.5, 0.6) is 0 Å². The molecule has 2 aromatic carbocycles. The zero-order valence-corrected chi connectivity index (χ0v) is 22.3. The quantitative estimate of drug-likeness (QED) is 0.508. The fraction of sp³-hybridized carbons (Fsp3) is 0.273. The maximum atomic E-state index is 2.78. The SMILES string of the molecule is C[Si]1(C)[Si](C)(C)[Zr+2]1([CH]1C=Cc2ccccc21)[CH]1C=Cc2ccccc21.[Cl-].[Cl-]. The van der Waals surface area contributed by atoms with E-state index in [0.29, 0.717) is 0 Å². The van der Waals surface area contributed by atoms with Gasteiger partial charge in [0.2, 0.25) is 0 Å². The largest absolute Gasteiger partial charge is 1.00 e. The van der Waals surface area contributed by atoms with Gasteiger partial charge in [0.05, 0.1) is 0 Å². The molecule has 27 heavy (non-hydrogen) atoms. The van der Waals surface area contributed by atoms with Gasteiger partial charge < -0.3 is 24.8 Å². The van der Waals surface area contributed by atoms with Crippen molar-refractivity contribution in [3.63, 3.8) is 0 Å². The number of hydrogen-bond acceptors (Lipinski definition) is 0. The van der Waals surface area contributed by atoms with E-state index in [2.05, 4.69) is 99.0 Å². The van der Waals surface area contributed by atoms with E-state index in [4.69, 9.17) is 0 Å². The predicted octanol–water partition coefficient (Wildman–Crippen LogP) is 0.187. The first-order valence-electron chi connectivity index (χ1n) is 9.47. The molecule has 2 aliphatic carbocycles. The Balaban J connectivity index is 0.00000105. The van der Waals surface area contributed by atoms with Crippen LogP contribution in [0.4, 0.5) is 0 Å². The molecule has 2 aromatic rings. The average molecular weight is 509 g/mol. The Morgan fingerprint density at radius 3 is 1.37 bits per heavy atom. The number of rotatable bonds is 2. The van der Waals surface area contributed by atoms with Gasteiger partial charge in [-0.1, -0.05) is 0 Å². The van der Waals surface area contributed by atoms with Crippen LogP contribution < -0.4 is 24.8 Å². The van der Waals surface area contributed by atoms with E-state index >= 15 is 0 Å². The van der Waals surface area contributed by atoms with Gasteiger partial charge in [0.25, 0.3) is 0 Å². The zero-order valence-electron chi connectivity index (χ0n) is 16.3. The maximum Gasteiger partial charge on any atom is -1.00 e. The molecule has 140 valence electrons. The van der Waals surface area contributed by atoms with Crippen molar-refractivity contribution >= 4 is 21.6 Å². The minimum Gasteiger partial charge on any atom is -1.00 e. The van der Waals surface area contributed by atoms with Crippen molar-refractivity contribution in [2.45, 2.75) is 33.4 Å². The molecule has 0 bridgehead atoms. The van der Waals surface area contributed by atoms with Gasteiger partial charge in [-0.15, -0.1) is 0 Å². The van der Waals surface area contributed by atoms with Crippen molar-refractivity contribution in [3.8, 4) is 0 Å². The minimum absolute atomic E-state index is 0. The summed E-state index contributed by atoms with van der Waals surface area (Å²) in [7, 11) is 0. The number of allylic oxidation sites excluding steroid dienone is 2. The monoisotopic (exact) mass is 506 g/mol. The molecule has 0 N–H and O–H groups in total. The van der Waals surface area contributed by atoms with Crippen molar-refractivity contribution < 1.29 is 43.4 Å². The Morgan fingerprint density at radius 1 is 0.630 bits per heavy atom. The van der Waals surface area contributed by atoms with Gasteiger partial charge >= 0.3 is 157 Å². The van der Waals surface area contributed by atoms with Crippen LogP contribution in [-0.2, 0) is 18.6 Å². The first-order valence-corrected chi connectivity index (χ1v) is 26.7. The number of halogens is 2. The third kappa shape index (κ3) is 2.48. The van der Waals surface area contributed by atoms with Gasteiger partial charge in [-0.05, 0) is 0 Å². The first-order chi connectivity index (χ1) is 11.9. The van der Waals surface area contributed by atoms with Crippen LogP contribution in [0, 0.1) is 0 Å². The molecular formula is C22H26Cl2Si2Zr. The molecule has 0 nitrogen and oxygen atoms in total. The summed E-state index contributed by atoms with van der Waals surface area (Å²) < 4.78 is -0.549. The van der Waals surface area contributed by atoms with Crippen LogP contribution >= 0.6 is 0 Å². The topological polar surface area (TPSA) is 0 Å². The third-order valence-electron chi connectivity index (χ3n) is 8.15. The van der Waals surface area contributed by atoms with Crippen LogP contribution in [0.3, 0.4) is 0 Å². The summed E-state index contributed by atoms with van der Waals surface area (Å²) >= 11 is -2.43. The van der Waals surface area contributed by atoms with E-state index < -0.39 is 28.0 Å². The predicted molar refractivity (Wildman–Crippen MR) is 111 cm³/mol. The number of fused-ring (bicyclic) bond motifs is 2. The molecule has 5 heteroatoms. The Morgan fingerprint density at radius 2 is 1.00 bits per heavy atom. The Hall–Kier alpha value is -0.183. The second-order valence-corrected chi connectivity index (χ2v) is 68.9. The van der Waals surface area contributed by atoms with Crippen molar-refractivity contribution in [2.24, 2.45) is 0 Å². The molecule has 3 aliphatic rings. The molecule has 1 heterocycles. The molecule has 2 atom stereocenters. The Labute approximate surface area is 180 Å². The van der Waals surface area contributed by atoms with E-state index in [1.54, 1.807) is 11.1 Å². The van der Waals surface area contributed by atoms with E-state index in [-0.39, 0.29) is 24.8 Å². The fourth-order valence-electron chi connectivity index (χ4n) is 6.44. The van der Waals surface area contributed by atoms with E-state index in [0.717, 1.165) is 7.25 Å². The second-order valence-electron chi connectivity index (χ2n) is 9.05. The van der Waals surface area contributed by atoms with Crippen LogP contribution in [-0.4, -0.2) is 9.44 Å². The van der Waals surface area contributed by atoms with Gasteiger partial charge in [-0.3, -0.25) is 0 Å². The van der Waals surface area contributed by atoms with Crippen LogP contribution in [0.15, 0.2) is 60.7 Å².